The number of nitro groups is 1. The van der Waals surface area contributed by atoms with Crippen LogP contribution in [0.5, 0.6) is 5.75 Å². The maximum atomic E-state index is 12.6. The van der Waals surface area contributed by atoms with Crippen LogP contribution in [-0.4, -0.2) is 32.9 Å². The summed E-state index contributed by atoms with van der Waals surface area (Å²) in [6, 6.07) is 3.23. The van der Waals surface area contributed by atoms with Crippen LogP contribution in [0.1, 0.15) is 38.9 Å². The van der Waals surface area contributed by atoms with Crippen LogP contribution in [-0.2, 0) is 0 Å². The van der Waals surface area contributed by atoms with Crippen molar-refractivity contribution in [3.8, 4) is 5.75 Å². The van der Waals surface area contributed by atoms with E-state index in [0.29, 0.717) is 0 Å². The van der Waals surface area contributed by atoms with Crippen LogP contribution in [0, 0.1) is 24.0 Å². The van der Waals surface area contributed by atoms with Gasteiger partial charge in [0.05, 0.1) is 33.3 Å². The molecule has 1 aromatic carbocycles. The lowest BCUT2D eigenvalue weighted by atomic mass is 10.1. The molecule has 1 amide bonds. The summed E-state index contributed by atoms with van der Waals surface area (Å²) in [5, 5.41) is 21.5. The lowest BCUT2D eigenvalue weighted by Crippen LogP contribution is -2.29. The van der Waals surface area contributed by atoms with Crippen molar-refractivity contribution >= 4 is 22.9 Å². The third-order valence-electron chi connectivity index (χ3n) is 3.64. The highest BCUT2D eigenvalue weighted by molar-refractivity contribution is 7.11. The molecule has 0 aliphatic heterocycles. The van der Waals surface area contributed by atoms with Crippen LogP contribution in [0.3, 0.4) is 0 Å². The fourth-order valence-corrected chi connectivity index (χ4v) is 3.31. The fourth-order valence-electron chi connectivity index (χ4n) is 2.29. The van der Waals surface area contributed by atoms with E-state index in [1.165, 1.54) is 28.4 Å². The van der Waals surface area contributed by atoms with Crippen LogP contribution < -0.4 is 0 Å². The highest BCUT2D eigenvalue weighted by Gasteiger charge is 2.25. The number of non-ortho nitro benzene ring substituents is 1. The van der Waals surface area contributed by atoms with Gasteiger partial charge in [-0.15, -0.1) is 11.3 Å². The van der Waals surface area contributed by atoms with Gasteiger partial charge in [0.2, 0.25) is 0 Å². The van der Waals surface area contributed by atoms with E-state index in [2.05, 4.69) is 4.98 Å². The van der Waals surface area contributed by atoms with Crippen LogP contribution in [0.2, 0.25) is 0 Å². The summed E-state index contributed by atoms with van der Waals surface area (Å²) in [6.45, 7) is 5.66. The molecule has 0 saturated carbocycles. The molecule has 0 fully saturated rings. The van der Waals surface area contributed by atoms with E-state index in [4.69, 9.17) is 0 Å². The zero-order valence-corrected chi connectivity index (χ0v) is 14.0. The summed E-state index contributed by atoms with van der Waals surface area (Å²) in [6.07, 6.45) is 0. The molecule has 2 rings (SSSR count). The molecule has 0 aliphatic carbocycles. The minimum atomic E-state index is -0.621. The third kappa shape index (κ3) is 3.31. The molecule has 0 unspecified atom stereocenters. The second-order valence-corrected chi connectivity index (χ2v) is 6.47. The van der Waals surface area contributed by atoms with Crippen LogP contribution in [0.25, 0.3) is 0 Å². The SMILES string of the molecule is Cc1nc(C)c([C@H](C)N(C)C(=O)c2ccc([N+](=O)[O-])cc2O)s1. The van der Waals surface area contributed by atoms with Gasteiger partial charge in [0.25, 0.3) is 11.6 Å². The molecule has 0 aliphatic rings. The van der Waals surface area contributed by atoms with E-state index < -0.39 is 16.6 Å². The first-order valence-electron chi connectivity index (χ1n) is 6.91. The number of aromatic hydroxyl groups is 1. The molecule has 1 atom stereocenters. The number of carbonyl (C=O) groups is 1. The van der Waals surface area contributed by atoms with Crippen molar-refractivity contribution in [2.75, 3.05) is 7.05 Å². The molecular weight excluding hydrogens is 318 g/mol. The Hall–Kier alpha value is -2.48. The predicted octanol–water partition coefficient (Wildman–Crippen LogP) is 3.21. The number of thiazole rings is 1. The van der Waals surface area contributed by atoms with Gasteiger partial charge in [-0.25, -0.2) is 4.98 Å². The Balaban J connectivity index is 2.29. The summed E-state index contributed by atoms with van der Waals surface area (Å²) < 4.78 is 0. The average molecular weight is 335 g/mol. The Kier molecular flexibility index (Phi) is 4.65. The molecule has 122 valence electrons. The topological polar surface area (TPSA) is 96.6 Å². The average Bonchev–Trinajstić information content (AvgIpc) is 2.83. The minimum absolute atomic E-state index is 0.0313. The van der Waals surface area contributed by atoms with Gasteiger partial charge < -0.3 is 10.0 Å². The fraction of sp³-hybridized carbons (Fsp3) is 0.333. The Morgan fingerprint density at radius 2 is 2.09 bits per heavy atom. The lowest BCUT2D eigenvalue weighted by molar-refractivity contribution is -0.384. The van der Waals surface area contributed by atoms with Crippen molar-refractivity contribution in [2.45, 2.75) is 26.8 Å². The molecule has 0 saturated heterocycles. The Bertz CT molecular complexity index is 772. The second kappa shape index (κ2) is 6.33. The normalized spacial score (nSPS) is 12.0. The Morgan fingerprint density at radius 3 is 2.57 bits per heavy atom. The number of rotatable bonds is 4. The zero-order valence-electron chi connectivity index (χ0n) is 13.2. The van der Waals surface area contributed by atoms with Gasteiger partial charge in [-0.05, 0) is 26.8 Å². The van der Waals surface area contributed by atoms with Gasteiger partial charge in [0, 0.05) is 18.0 Å². The van der Waals surface area contributed by atoms with Crippen LogP contribution >= 0.6 is 11.3 Å². The number of hydrogen-bond acceptors (Lipinski definition) is 6. The smallest absolute Gasteiger partial charge is 0.273 e. The van der Waals surface area contributed by atoms with Gasteiger partial charge in [0.1, 0.15) is 5.75 Å². The zero-order chi connectivity index (χ0) is 17.3. The molecular formula is C15H17N3O4S. The monoisotopic (exact) mass is 335 g/mol. The van der Waals surface area contributed by atoms with Crippen molar-refractivity contribution in [3.05, 3.63) is 49.5 Å². The molecule has 7 nitrogen and oxygen atoms in total. The first kappa shape index (κ1) is 16.9. The van der Waals surface area contributed by atoms with Crippen molar-refractivity contribution in [1.82, 2.24) is 9.88 Å². The number of nitrogens with zero attached hydrogens (tertiary/aromatic N) is 3. The van der Waals surface area contributed by atoms with Gasteiger partial charge >= 0.3 is 0 Å². The molecule has 1 heterocycles. The number of aromatic nitrogens is 1. The third-order valence-corrected chi connectivity index (χ3v) is 4.89. The maximum Gasteiger partial charge on any atom is 0.273 e. The van der Waals surface area contributed by atoms with Gasteiger partial charge in [-0.3, -0.25) is 14.9 Å². The van der Waals surface area contributed by atoms with Crippen molar-refractivity contribution in [3.63, 3.8) is 0 Å². The van der Waals surface area contributed by atoms with E-state index in [1.54, 1.807) is 7.05 Å². The number of benzene rings is 1. The summed E-state index contributed by atoms with van der Waals surface area (Å²) >= 11 is 1.52. The molecule has 0 spiro atoms. The summed E-state index contributed by atoms with van der Waals surface area (Å²) in [5.74, 6) is -0.809. The predicted molar refractivity (Wildman–Crippen MR) is 86.9 cm³/mol. The molecule has 8 heteroatoms. The van der Waals surface area contributed by atoms with Gasteiger partial charge in [-0.2, -0.15) is 0 Å². The lowest BCUT2D eigenvalue weighted by Gasteiger charge is -2.24. The molecule has 23 heavy (non-hydrogen) atoms. The first-order valence-corrected chi connectivity index (χ1v) is 7.72. The quantitative estimate of drug-likeness (QED) is 0.683. The molecule has 0 bridgehead atoms. The summed E-state index contributed by atoms with van der Waals surface area (Å²) in [4.78, 5) is 29.4. The molecule has 2 aromatic rings. The Labute approximate surface area is 137 Å². The standard InChI is InChI=1S/C15H17N3O4S/c1-8-14(23-10(3)16-8)9(2)17(4)15(20)12-6-5-11(18(21)22)7-13(12)19/h5-7,9,19H,1-4H3/t9-/m0/s1. The van der Waals surface area contributed by atoms with Crippen molar-refractivity contribution in [1.29, 1.82) is 0 Å². The molecule has 1 N–H and O–H groups in total. The maximum absolute atomic E-state index is 12.6. The molecule has 1 aromatic heterocycles. The number of carbonyl (C=O) groups excluding carboxylic acids is 1. The first-order chi connectivity index (χ1) is 10.7. The minimum Gasteiger partial charge on any atom is -0.507 e. The highest BCUT2D eigenvalue weighted by Crippen LogP contribution is 2.31. The summed E-state index contributed by atoms with van der Waals surface area (Å²) in [5.41, 5.74) is 0.639. The molecule has 0 radical (unpaired) electrons. The number of phenols is 1. The van der Waals surface area contributed by atoms with Crippen molar-refractivity contribution < 1.29 is 14.8 Å². The van der Waals surface area contributed by atoms with E-state index >= 15 is 0 Å². The number of phenolic OH excluding ortho intramolecular Hbond substituents is 1. The largest absolute Gasteiger partial charge is 0.507 e. The van der Waals surface area contributed by atoms with E-state index in [0.717, 1.165) is 21.6 Å². The van der Waals surface area contributed by atoms with E-state index in [9.17, 15) is 20.0 Å². The Morgan fingerprint density at radius 1 is 1.43 bits per heavy atom. The number of nitro benzene ring substituents is 1. The number of aryl methyl sites for hydroxylation is 2. The van der Waals surface area contributed by atoms with Crippen LogP contribution in [0.15, 0.2) is 18.2 Å². The van der Waals surface area contributed by atoms with E-state index in [1.807, 2.05) is 20.8 Å². The van der Waals surface area contributed by atoms with Crippen molar-refractivity contribution in [2.24, 2.45) is 0 Å². The van der Waals surface area contributed by atoms with E-state index in [-0.39, 0.29) is 17.3 Å². The number of hydrogen-bond donors (Lipinski definition) is 1. The second-order valence-electron chi connectivity index (χ2n) is 5.23. The van der Waals surface area contributed by atoms with Crippen LogP contribution in [0.4, 0.5) is 5.69 Å². The van der Waals surface area contributed by atoms with Gasteiger partial charge in [-0.1, -0.05) is 0 Å². The number of amides is 1. The van der Waals surface area contributed by atoms with Gasteiger partial charge in [0.15, 0.2) is 0 Å². The summed E-state index contributed by atoms with van der Waals surface area (Å²) in [7, 11) is 1.63. The highest BCUT2D eigenvalue weighted by atomic mass is 32.1.